The first kappa shape index (κ1) is 54.8. The monoisotopic (exact) mass is 1110 g/mol. The van der Waals surface area contributed by atoms with Crippen LogP contribution in [0.2, 0.25) is 0 Å². The van der Waals surface area contributed by atoms with Gasteiger partial charge in [-0.2, -0.15) is 9.97 Å². The summed E-state index contributed by atoms with van der Waals surface area (Å²) >= 11 is 0. The molecule has 3 N–H and O–H groups in total. The molecule has 0 aromatic carbocycles. The fourth-order valence-electron chi connectivity index (χ4n) is 12.1. The summed E-state index contributed by atoms with van der Waals surface area (Å²) in [7, 11) is 7.03. The Labute approximate surface area is 469 Å². The summed E-state index contributed by atoms with van der Waals surface area (Å²) in [4.78, 5) is 99.7. The molecule has 2 aliphatic carbocycles. The van der Waals surface area contributed by atoms with Crippen molar-refractivity contribution >= 4 is 87.1 Å². The number of likely N-dealkylation sites (tertiary alicyclic amines) is 1. The van der Waals surface area contributed by atoms with E-state index in [9.17, 15) is 24.0 Å². The number of anilines is 6. The Morgan fingerprint density at radius 3 is 1.57 bits per heavy atom. The van der Waals surface area contributed by atoms with Gasteiger partial charge in [0.15, 0.2) is 0 Å². The molecule has 6 aromatic heterocycles. The molecule has 428 valence electrons. The molecule has 24 nitrogen and oxygen atoms in total. The number of ether oxygens (including phenoxy) is 3. The highest BCUT2D eigenvalue weighted by Crippen LogP contribution is 2.39. The van der Waals surface area contributed by atoms with Crippen molar-refractivity contribution in [3.8, 4) is 0 Å². The molecule has 5 amide bonds. The van der Waals surface area contributed by atoms with Gasteiger partial charge in [0.2, 0.25) is 11.9 Å². The second-order valence-electron chi connectivity index (χ2n) is 23.6. The number of hydrogen-bond acceptors (Lipinski definition) is 17. The molecule has 12 rings (SSSR count). The number of hydrogen-bond donors (Lipinski definition) is 3. The van der Waals surface area contributed by atoms with E-state index in [-0.39, 0.29) is 36.5 Å². The lowest BCUT2D eigenvalue weighted by Crippen LogP contribution is -2.53. The Balaban J connectivity index is 0.000000173. The SMILES string of the molecule is CN(C)C(=O)c1cc2cnc(Nc3ccc(N4CC5(CCCN(C(=O)OC(C)(C)C)C5)OC4=O)cn3)nc2n1C1CCCC1.CN(C)C(=O)c1cc2cnc(Nc3ccc(N4CC5(CCCNC5)OC4=O)cn3)nc2n1C1CCCC1. The molecule has 6 aliphatic rings. The Kier molecular flexibility index (Phi) is 14.9. The van der Waals surface area contributed by atoms with Crippen molar-refractivity contribution < 1.29 is 38.2 Å². The second-order valence-corrected chi connectivity index (χ2v) is 23.6. The number of pyridine rings is 2. The lowest BCUT2D eigenvalue weighted by Gasteiger charge is -2.38. The third-order valence-electron chi connectivity index (χ3n) is 15.9. The predicted molar refractivity (Wildman–Crippen MR) is 303 cm³/mol. The molecule has 6 fully saturated rings. The third-order valence-corrected chi connectivity index (χ3v) is 15.9. The minimum atomic E-state index is -0.798. The lowest BCUT2D eigenvalue weighted by molar-refractivity contribution is -0.0275. The van der Waals surface area contributed by atoms with E-state index in [0.717, 1.165) is 87.2 Å². The molecule has 4 saturated heterocycles. The van der Waals surface area contributed by atoms with Crippen molar-refractivity contribution in [2.45, 2.75) is 127 Å². The fraction of sp³-hybridized carbons (Fsp3) is 0.526. The lowest BCUT2D eigenvalue weighted by atomic mass is 9.93. The Bertz CT molecular complexity index is 3340. The number of amides is 5. The van der Waals surface area contributed by atoms with Crippen LogP contribution in [0.15, 0.2) is 61.2 Å². The van der Waals surface area contributed by atoms with Crippen LogP contribution in [-0.2, 0) is 14.2 Å². The van der Waals surface area contributed by atoms with Crippen molar-refractivity contribution in [3.05, 3.63) is 72.6 Å². The summed E-state index contributed by atoms with van der Waals surface area (Å²) in [5, 5.41) is 11.3. The molecule has 24 heteroatoms. The zero-order valence-corrected chi connectivity index (χ0v) is 47.2. The number of aromatic nitrogens is 8. The van der Waals surface area contributed by atoms with Crippen molar-refractivity contribution in [2.24, 2.45) is 0 Å². The van der Waals surface area contributed by atoms with Crippen LogP contribution in [0.5, 0.6) is 0 Å². The number of carbonyl (C=O) groups is 5. The standard InChI is InChI=1S/C31H40N8O5.C26H32N8O3/c1-30(2,3)43-28(41)37-14-8-13-31(18-37)19-38(29(42)44-31)22-11-12-24(32-17-22)34-27-33-16-20-15-23(26(40)36(4)5)39(25(20)35-27)21-9-6-7-10-21;1-32(2)23(35)20-12-17-13-29-24(31-22(17)34(20)18-6-3-4-7-18)30-21-9-8-19(14-28-21)33-16-26(37-25(33)36)10-5-11-27-15-26/h11-12,15-17,21H,6-10,13-14,18-19H2,1-5H3,(H,32,33,34,35);8-9,12-14,18,27H,3-7,10-11,15-16H2,1-2H3,(H,28,29,30,31). The quantitative estimate of drug-likeness (QED) is 0.109. The Morgan fingerprint density at radius 2 is 1.12 bits per heavy atom. The molecule has 4 aliphatic heterocycles. The zero-order chi connectivity index (χ0) is 56.8. The predicted octanol–water partition coefficient (Wildman–Crippen LogP) is 8.58. The van der Waals surface area contributed by atoms with Crippen LogP contribution in [0, 0.1) is 0 Å². The molecular formula is C57H72N16O8. The molecule has 2 spiro atoms. The van der Waals surface area contributed by atoms with Crippen molar-refractivity contribution in [3.63, 3.8) is 0 Å². The summed E-state index contributed by atoms with van der Waals surface area (Å²) in [5.41, 5.74) is 2.14. The van der Waals surface area contributed by atoms with Crippen LogP contribution in [0.4, 0.5) is 49.3 Å². The van der Waals surface area contributed by atoms with Gasteiger partial charge in [-0.1, -0.05) is 25.7 Å². The summed E-state index contributed by atoms with van der Waals surface area (Å²) in [6.45, 7) is 8.78. The van der Waals surface area contributed by atoms with Crippen LogP contribution < -0.4 is 25.8 Å². The van der Waals surface area contributed by atoms with E-state index in [4.69, 9.17) is 24.2 Å². The van der Waals surface area contributed by atoms with Crippen LogP contribution in [0.3, 0.4) is 0 Å². The van der Waals surface area contributed by atoms with Gasteiger partial charge in [-0.3, -0.25) is 19.4 Å². The number of rotatable bonds is 10. The first-order chi connectivity index (χ1) is 38.8. The molecule has 81 heavy (non-hydrogen) atoms. The molecule has 10 heterocycles. The normalized spacial score (nSPS) is 21.4. The minimum Gasteiger partial charge on any atom is -0.444 e. The number of piperidine rings is 2. The first-order valence-electron chi connectivity index (χ1n) is 28.2. The van der Waals surface area contributed by atoms with E-state index in [1.807, 2.05) is 39.0 Å². The highest BCUT2D eigenvalue weighted by molar-refractivity contribution is 5.99. The maximum absolute atomic E-state index is 13.0. The van der Waals surface area contributed by atoms with E-state index in [1.54, 1.807) is 95.7 Å². The number of fused-ring (bicyclic) bond motifs is 2. The average molecular weight is 1110 g/mol. The fourth-order valence-corrected chi connectivity index (χ4v) is 12.1. The topological polar surface area (TPSA) is 253 Å². The highest BCUT2D eigenvalue weighted by atomic mass is 16.6. The van der Waals surface area contributed by atoms with Crippen LogP contribution in [0.25, 0.3) is 22.1 Å². The summed E-state index contributed by atoms with van der Waals surface area (Å²) in [6.07, 6.45) is 17.4. The van der Waals surface area contributed by atoms with Gasteiger partial charge in [-0.15, -0.1) is 0 Å². The van der Waals surface area contributed by atoms with Crippen molar-refractivity contribution in [1.29, 1.82) is 0 Å². The Morgan fingerprint density at radius 1 is 0.642 bits per heavy atom. The van der Waals surface area contributed by atoms with Gasteiger partial charge in [0.1, 0.15) is 51.1 Å². The molecule has 2 unspecified atom stereocenters. The smallest absolute Gasteiger partial charge is 0.415 e. The molecule has 6 aromatic rings. The van der Waals surface area contributed by atoms with Gasteiger partial charge in [0.25, 0.3) is 11.8 Å². The third kappa shape index (κ3) is 11.5. The van der Waals surface area contributed by atoms with Gasteiger partial charge < -0.3 is 54.0 Å². The van der Waals surface area contributed by atoms with Gasteiger partial charge >= 0.3 is 18.3 Å². The zero-order valence-electron chi connectivity index (χ0n) is 47.2. The van der Waals surface area contributed by atoms with E-state index in [2.05, 4.69) is 45.0 Å². The number of carbonyl (C=O) groups excluding carboxylic acids is 5. The van der Waals surface area contributed by atoms with Crippen LogP contribution in [0.1, 0.15) is 131 Å². The van der Waals surface area contributed by atoms with E-state index in [1.165, 1.54) is 0 Å². The Hall–Kier alpha value is -8.15. The minimum absolute atomic E-state index is 0.0390. The molecule has 2 atom stereocenters. The van der Waals surface area contributed by atoms with E-state index in [0.29, 0.717) is 91.0 Å². The molecule has 2 saturated carbocycles. The van der Waals surface area contributed by atoms with Gasteiger partial charge in [0.05, 0.1) is 43.4 Å². The molecular weight excluding hydrogens is 1040 g/mol. The van der Waals surface area contributed by atoms with Gasteiger partial charge in [-0.25, -0.2) is 34.3 Å². The van der Waals surface area contributed by atoms with Crippen molar-refractivity contribution in [1.82, 2.24) is 59.1 Å². The van der Waals surface area contributed by atoms with E-state index >= 15 is 0 Å². The largest absolute Gasteiger partial charge is 0.444 e. The maximum atomic E-state index is 13.0. The summed E-state index contributed by atoms with van der Waals surface area (Å²) in [5.74, 6) is 1.74. The summed E-state index contributed by atoms with van der Waals surface area (Å²) in [6, 6.07) is 11.4. The number of nitrogens with zero attached hydrogens (tertiary/aromatic N) is 13. The second kappa shape index (κ2) is 22.1. The van der Waals surface area contributed by atoms with Crippen molar-refractivity contribution in [2.75, 3.05) is 87.9 Å². The van der Waals surface area contributed by atoms with Gasteiger partial charge in [-0.05, 0) is 115 Å². The molecule has 0 radical (unpaired) electrons. The van der Waals surface area contributed by atoms with E-state index < -0.39 is 29.0 Å². The first-order valence-corrected chi connectivity index (χ1v) is 28.2. The van der Waals surface area contributed by atoms with Gasteiger partial charge in [0, 0.05) is 76.5 Å². The van der Waals surface area contributed by atoms with Crippen LogP contribution >= 0.6 is 0 Å². The van der Waals surface area contributed by atoms with Crippen LogP contribution in [-0.4, -0.2) is 168 Å². The highest BCUT2D eigenvalue weighted by Gasteiger charge is 2.50. The number of nitrogens with one attached hydrogen (secondary N) is 3. The average Bonchev–Trinajstić information content (AvgIpc) is 4.34. The maximum Gasteiger partial charge on any atom is 0.415 e. The molecule has 0 bridgehead atoms. The summed E-state index contributed by atoms with van der Waals surface area (Å²) < 4.78 is 21.3.